The van der Waals surface area contributed by atoms with Crippen LogP contribution in [0.25, 0.3) is 22.3 Å². The molecule has 0 saturated carbocycles. The zero-order valence-corrected chi connectivity index (χ0v) is 16.3. The van der Waals surface area contributed by atoms with Gasteiger partial charge in [-0.25, -0.2) is 9.97 Å². The summed E-state index contributed by atoms with van der Waals surface area (Å²) in [6, 6.07) is 24.6. The van der Waals surface area contributed by atoms with Gasteiger partial charge < -0.3 is 4.90 Å². The van der Waals surface area contributed by atoms with Gasteiger partial charge in [-0.15, -0.1) is 0 Å². The fraction of sp³-hybridized carbons (Fsp3) is 0.208. The van der Waals surface area contributed by atoms with Crippen molar-refractivity contribution >= 4 is 16.7 Å². The highest BCUT2D eigenvalue weighted by molar-refractivity contribution is 5.91. The molecule has 1 saturated heterocycles. The minimum atomic E-state index is 0.787. The molecule has 0 radical (unpaired) electrons. The van der Waals surface area contributed by atoms with Crippen LogP contribution in [0.15, 0.2) is 79.0 Å². The second-order valence-electron chi connectivity index (χ2n) is 7.34. The first-order chi connectivity index (χ1) is 14.4. The molecule has 29 heavy (non-hydrogen) atoms. The Balaban J connectivity index is 1.41. The standard InChI is InChI=1S/C24H23N5/c1-2-8-19(9-3-1)23-26-22-12-5-4-11-21(22)24(27-23)29-16-14-28(15-17-29)18-20-10-6-7-13-25-20/h1-13H,14-18H2. The quantitative estimate of drug-likeness (QED) is 0.534. The lowest BCUT2D eigenvalue weighted by atomic mass is 10.1. The summed E-state index contributed by atoms with van der Waals surface area (Å²) in [6.45, 7) is 4.78. The Bertz CT molecular complexity index is 1090. The molecule has 5 nitrogen and oxygen atoms in total. The molecule has 5 heteroatoms. The Labute approximate surface area is 170 Å². The SMILES string of the molecule is c1ccc(-c2nc(N3CCN(Cc4ccccn4)CC3)c3ccccc3n2)cc1. The van der Waals surface area contributed by atoms with Gasteiger partial charge in [-0.3, -0.25) is 9.88 Å². The number of aromatic nitrogens is 3. The second kappa shape index (κ2) is 7.97. The van der Waals surface area contributed by atoms with E-state index in [9.17, 15) is 0 Å². The van der Waals surface area contributed by atoms with Crippen molar-refractivity contribution in [3.8, 4) is 11.4 Å². The van der Waals surface area contributed by atoms with E-state index in [4.69, 9.17) is 9.97 Å². The number of rotatable bonds is 4. The number of fused-ring (bicyclic) bond motifs is 1. The van der Waals surface area contributed by atoms with Crippen LogP contribution in [0, 0.1) is 0 Å². The van der Waals surface area contributed by atoms with Crippen molar-refractivity contribution < 1.29 is 0 Å². The molecule has 2 aromatic carbocycles. The van der Waals surface area contributed by atoms with Crippen LogP contribution >= 0.6 is 0 Å². The molecule has 0 atom stereocenters. The van der Waals surface area contributed by atoms with Crippen LogP contribution < -0.4 is 4.90 Å². The molecule has 0 spiro atoms. The molecule has 1 aliphatic rings. The molecule has 0 amide bonds. The summed E-state index contributed by atoms with van der Waals surface area (Å²) >= 11 is 0. The van der Waals surface area contributed by atoms with Crippen molar-refractivity contribution in [2.75, 3.05) is 31.1 Å². The van der Waals surface area contributed by atoms with Crippen molar-refractivity contribution in [2.45, 2.75) is 6.54 Å². The maximum atomic E-state index is 4.99. The van der Waals surface area contributed by atoms with Gasteiger partial charge in [0.05, 0.1) is 11.2 Å². The minimum Gasteiger partial charge on any atom is -0.353 e. The molecule has 5 rings (SSSR count). The average molecular weight is 381 g/mol. The maximum Gasteiger partial charge on any atom is 0.162 e. The summed E-state index contributed by atoms with van der Waals surface area (Å²) in [6.07, 6.45) is 1.86. The molecule has 4 aromatic rings. The Hall–Kier alpha value is -3.31. The van der Waals surface area contributed by atoms with Gasteiger partial charge in [0.2, 0.25) is 0 Å². The van der Waals surface area contributed by atoms with Crippen LogP contribution in [-0.2, 0) is 6.54 Å². The zero-order valence-electron chi connectivity index (χ0n) is 16.3. The van der Waals surface area contributed by atoms with Crippen LogP contribution in [0.4, 0.5) is 5.82 Å². The number of para-hydroxylation sites is 1. The molecule has 1 aliphatic heterocycles. The Kier molecular flexibility index (Phi) is 4.88. The number of hydrogen-bond acceptors (Lipinski definition) is 5. The van der Waals surface area contributed by atoms with Gasteiger partial charge in [-0.2, -0.15) is 0 Å². The fourth-order valence-corrected chi connectivity index (χ4v) is 3.86. The Morgan fingerprint density at radius 3 is 2.28 bits per heavy atom. The lowest BCUT2D eigenvalue weighted by Crippen LogP contribution is -2.46. The first-order valence-corrected chi connectivity index (χ1v) is 10.1. The zero-order chi connectivity index (χ0) is 19.5. The van der Waals surface area contributed by atoms with E-state index in [2.05, 4.69) is 57.2 Å². The van der Waals surface area contributed by atoms with Crippen molar-refractivity contribution in [2.24, 2.45) is 0 Å². The number of pyridine rings is 1. The molecular formula is C24H23N5. The van der Waals surface area contributed by atoms with Gasteiger partial charge >= 0.3 is 0 Å². The highest BCUT2D eigenvalue weighted by Crippen LogP contribution is 2.28. The number of anilines is 1. The van der Waals surface area contributed by atoms with E-state index in [0.29, 0.717) is 0 Å². The van der Waals surface area contributed by atoms with E-state index in [1.165, 1.54) is 0 Å². The largest absolute Gasteiger partial charge is 0.353 e. The van der Waals surface area contributed by atoms with Crippen molar-refractivity contribution in [3.63, 3.8) is 0 Å². The van der Waals surface area contributed by atoms with Crippen LogP contribution in [-0.4, -0.2) is 46.0 Å². The number of hydrogen-bond donors (Lipinski definition) is 0. The molecule has 2 aromatic heterocycles. The molecule has 0 N–H and O–H groups in total. The van der Waals surface area contributed by atoms with Gasteiger partial charge in [0.1, 0.15) is 5.82 Å². The highest BCUT2D eigenvalue weighted by Gasteiger charge is 2.21. The van der Waals surface area contributed by atoms with Crippen molar-refractivity contribution in [3.05, 3.63) is 84.7 Å². The lowest BCUT2D eigenvalue weighted by Gasteiger charge is -2.35. The first kappa shape index (κ1) is 17.8. The summed E-state index contributed by atoms with van der Waals surface area (Å²) in [5.41, 5.74) is 3.17. The number of benzene rings is 2. The molecule has 1 fully saturated rings. The molecule has 0 unspecified atom stereocenters. The van der Waals surface area contributed by atoms with Gasteiger partial charge in [0, 0.05) is 49.9 Å². The minimum absolute atomic E-state index is 0.787. The predicted molar refractivity (Wildman–Crippen MR) is 117 cm³/mol. The van der Waals surface area contributed by atoms with Crippen LogP contribution in [0.3, 0.4) is 0 Å². The van der Waals surface area contributed by atoms with E-state index in [0.717, 1.165) is 66.5 Å². The van der Waals surface area contributed by atoms with E-state index in [1.54, 1.807) is 0 Å². The summed E-state index contributed by atoms with van der Waals surface area (Å²) in [5.74, 6) is 1.82. The predicted octanol–water partition coefficient (Wildman–Crippen LogP) is 4.01. The molecule has 0 aliphatic carbocycles. The topological polar surface area (TPSA) is 45.2 Å². The summed E-state index contributed by atoms with van der Waals surface area (Å²) < 4.78 is 0. The second-order valence-corrected chi connectivity index (χ2v) is 7.34. The maximum absolute atomic E-state index is 4.99. The van der Waals surface area contributed by atoms with Gasteiger partial charge in [-0.1, -0.05) is 48.5 Å². The molecule has 3 heterocycles. The normalized spacial score (nSPS) is 15.0. The lowest BCUT2D eigenvalue weighted by molar-refractivity contribution is 0.247. The average Bonchev–Trinajstić information content (AvgIpc) is 2.80. The first-order valence-electron chi connectivity index (χ1n) is 10.1. The molecule has 0 bridgehead atoms. The highest BCUT2D eigenvalue weighted by atomic mass is 15.3. The van der Waals surface area contributed by atoms with E-state index in [-0.39, 0.29) is 0 Å². The molecule has 144 valence electrons. The van der Waals surface area contributed by atoms with E-state index < -0.39 is 0 Å². The third kappa shape index (κ3) is 3.82. The van der Waals surface area contributed by atoms with Crippen LogP contribution in [0.2, 0.25) is 0 Å². The van der Waals surface area contributed by atoms with E-state index >= 15 is 0 Å². The Morgan fingerprint density at radius 1 is 0.724 bits per heavy atom. The number of piperazine rings is 1. The van der Waals surface area contributed by atoms with E-state index in [1.807, 2.05) is 36.5 Å². The third-order valence-electron chi connectivity index (χ3n) is 5.40. The van der Waals surface area contributed by atoms with Gasteiger partial charge in [-0.05, 0) is 24.3 Å². The van der Waals surface area contributed by atoms with Gasteiger partial charge in [0.25, 0.3) is 0 Å². The monoisotopic (exact) mass is 381 g/mol. The van der Waals surface area contributed by atoms with Gasteiger partial charge in [0.15, 0.2) is 5.82 Å². The van der Waals surface area contributed by atoms with Crippen molar-refractivity contribution in [1.82, 2.24) is 19.9 Å². The summed E-state index contributed by atoms with van der Waals surface area (Å²) in [7, 11) is 0. The summed E-state index contributed by atoms with van der Waals surface area (Å²) in [4.78, 5) is 19.1. The molecular weight excluding hydrogens is 358 g/mol. The Morgan fingerprint density at radius 2 is 1.48 bits per heavy atom. The summed E-state index contributed by atoms with van der Waals surface area (Å²) in [5, 5.41) is 1.12. The third-order valence-corrected chi connectivity index (χ3v) is 5.40. The van der Waals surface area contributed by atoms with Crippen LogP contribution in [0.5, 0.6) is 0 Å². The number of nitrogens with zero attached hydrogens (tertiary/aromatic N) is 5. The van der Waals surface area contributed by atoms with Crippen LogP contribution in [0.1, 0.15) is 5.69 Å². The van der Waals surface area contributed by atoms with Crippen molar-refractivity contribution in [1.29, 1.82) is 0 Å². The smallest absolute Gasteiger partial charge is 0.162 e. The fourth-order valence-electron chi connectivity index (χ4n) is 3.86.